The van der Waals surface area contributed by atoms with Gasteiger partial charge in [0.1, 0.15) is 0 Å². The fourth-order valence-electron chi connectivity index (χ4n) is 0.934. The maximum absolute atomic E-state index is 10.6. The van der Waals surface area contributed by atoms with Crippen molar-refractivity contribution in [3.8, 4) is 0 Å². The van der Waals surface area contributed by atoms with Gasteiger partial charge in [-0.2, -0.15) is 0 Å². The lowest BCUT2D eigenvalue weighted by Crippen LogP contribution is -2.58. The van der Waals surface area contributed by atoms with Gasteiger partial charge in [-0.05, 0) is 6.92 Å². The lowest BCUT2D eigenvalue weighted by Gasteiger charge is -2.31. The molecule has 72 valence electrons. The topological polar surface area (TPSA) is 48.0 Å². The van der Waals surface area contributed by atoms with E-state index in [0.29, 0.717) is 13.0 Å². The standard InChI is InChI=1S/C6H15NO4Si/c1-5-7(6-8)12(9-2,10-3)11-4/h6H,5H2,1-4H3. The molecule has 6 heteroatoms. The van der Waals surface area contributed by atoms with Crippen LogP contribution in [-0.2, 0) is 18.1 Å². The SMILES string of the molecule is CCN(C=O)[Si](OC)(OC)OC. The summed E-state index contributed by atoms with van der Waals surface area (Å²) in [5.41, 5.74) is 0. The van der Waals surface area contributed by atoms with E-state index in [0.717, 1.165) is 0 Å². The molecule has 0 aliphatic rings. The molecule has 0 aromatic carbocycles. The molecular formula is C6H15NO4Si. The predicted octanol–water partition coefficient (Wildman–Crippen LogP) is -0.161. The number of amides is 1. The van der Waals surface area contributed by atoms with Crippen LogP contribution in [0, 0.1) is 0 Å². The van der Waals surface area contributed by atoms with Crippen LogP contribution < -0.4 is 0 Å². The van der Waals surface area contributed by atoms with Crippen LogP contribution >= 0.6 is 0 Å². The van der Waals surface area contributed by atoms with E-state index >= 15 is 0 Å². The summed E-state index contributed by atoms with van der Waals surface area (Å²) in [6, 6.07) is 0. The summed E-state index contributed by atoms with van der Waals surface area (Å²) in [5, 5.41) is 0. The van der Waals surface area contributed by atoms with Crippen molar-refractivity contribution in [2.24, 2.45) is 0 Å². The minimum Gasteiger partial charge on any atom is -0.360 e. The molecule has 0 saturated heterocycles. The number of rotatable bonds is 6. The van der Waals surface area contributed by atoms with E-state index < -0.39 is 8.97 Å². The maximum Gasteiger partial charge on any atom is 0.634 e. The van der Waals surface area contributed by atoms with Gasteiger partial charge in [-0.25, -0.2) is 0 Å². The lowest BCUT2D eigenvalue weighted by atomic mass is 10.8. The molecule has 0 aliphatic carbocycles. The molecule has 0 aromatic rings. The van der Waals surface area contributed by atoms with Crippen molar-refractivity contribution < 1.29 is 18.1 Å². The fourth-order valence-corrected chi connectivity index (χ4v) is 2.65. The first-order valence-electron chi connectivity index (χ1n) is 3.58. The quantitative estimate of drug-likeness (QED) is 0.434. The van der Waals surface area contributed by atoms with Crippen LogP contribution in [0.15, 0.2) is 0 Å². The molecule has 1 amide bonds. The Morgan fingerprint density at radius 2 is 1.67 bits per heavy atom. The molecule has 0 N–H and O–H groups in total. The number of carbonyl (C=O) groups is 1. The van der Waals surface area contributed by atoms with E-state index in [9.17, 15) is 4.79 Å². The minimum absolute atomic E-state index is 0.505. The Labute approximate surface area is 73.7 Å². The van der Waals surface area contributed by atoms with Gasteiger partial charge >= 0.3 is 8.97 Å². The summed E-state index contributed by atoms with van der Waals surface area (Å²) >= 11 is 0. The second-order valence-electron chi connectivity index (χ2n) is 2.03. The minimum atomic E-state index is -2.88. The van der Waals surface area contributed by atoms with Crippen LogP contribution in [-0.4, -0.2) is 47.8 Å². The molecule has 0 heterocycles. The fraction of sp³-hybridized carbons (Fsp3) is 0.833. The maximum atomic E-state index is 10.6. The van der Waals surface area contributed by atoms with Gasteiger partial charge in [0.2, 0.25) is 6.41 Å². The second-order valence-corrected chi connectivity index (χ2v) is 4.87. The third-order valence-corrected chi connectivity index (χ3v) is 4.27. The summed E-state index contributed by atoms with van der Waals surface area (Å²) in [4.78, 5) is 10.6. The lowest BCUT2D eigenvalue weighted by molar-refractivity contribution is -0.117. The van der Waals surface area contributed by atoms with Crippen LogP contribution in [0.4, 0.5) is 0 Å². The Hall–Kier alpha value is -0.433. The van der Waals surface area contributed by atoms with Gasteiger partial charge in [0, 0.05) is 27.9 Å². The Morgan fingerprint density at radius 3 is 1.75 bits per heavy atom. The second kappa shape index (κ2) is 5.25. The van der Waals surface area contributed by atoms with Crippen LogP contribution in [0.3, 0.4) is 0 Å². The summed E-state index contributed by atoms with van der Waals surface area (Å²) in [7, 11) is 1.51. The van der Waals surface area contributed by atoms with Crippen molar-refractivity contribution in [1.29, 1.82) is 0 Å². The molecule has 0 radical (unpaired) electrons. The normalized spacial score (nSPS) is 11.3. The Morgan fingerprint density at radius 1 is 1.25 bits per heavy atom. The molecule has 0 fully saturated rings. The molecule has 5 nitrogen and oxygen atoms in total. The summed E-state index contributed by atoms with van der Waals surface area (Å²) in [6.45, 7) is 2.33. The van der Waals surface area contributed by atoms with Crippen molar-refractivity contribution in [2.45, 2.75) is 6.92 Å². The number of nitrogens with zero attached hydrogens (tertiary/aromatic N) is 1. The zero-order valence-electron chi connectivity index (χ0n) is 7.86. The number of carbonyl (C=O) groups excluding carboxylic acids is 1. The average Bonchev–Trinajstić information content (AvgIpc) is 2.14. The number of hydrogen-bond acceptors (Lipinski definition) is 4. The summed E-state index contributed by atoms with van der Waals surface area (Å²) in [5.74, 6) is 0. The van der Waals surface area contributed by atoms with Crippen LogP contribution in [0.25, 0.3) is 0 Å². The number of hydrogen-bond donors (Lipinski definition) is 0. The first-order valence-corrected chi connectivity index (χ1v) is 5.25. The predicted molar refractivity (Wildman–Crippen MR) is 45.2 cm³/mol. The molecule has 0 aromatic heterocycles. The van der Waals surface area contributed by atoms with Crippen molar-refractivity contribution in [3.63, 3.8) is 0 Å². The molecule has 0 bridgehead atoms. The van der Waals surface area contributed by atoms with E-state index in [4.69, 9.17) is 13.3 Å². The van der Waals surface area contributed by atoms with Crippen LogP contribution in [0.5, 0.6) is 0 Å². The monoisotopic (exact) mass is 193 g/mol. The van der Waals surface area contributed by atoms with E-state index in [-0.39, 0.29) is 0 Å². The van der Waals surface area contributed by atoms with Crippen molar-refractivity contribution in [3.05, 3.63) is 0 Å². The highest BCUT2D eigenvalue weighted by Crippen LogP contribution is 2.09. The van der Waals surface area contributed by atoms with E-state index in [1.807, 2.05) is 6.92 Å². The van der Waals surface area contributed by atoms with E-state index in [1.54, 1.807) is 0 Å². The van der Waals surface area contributed by atoms with Gasteiger partial charge in [-0.1, -0.05) is 0 Å². The molecular weight excluding hydrogens is 178 g/mol. The molecule has 0 rings (SSSR count). The van der Waals surface area contributed by atoms with Gasteiger partial charge < -0.3 is 17.8 Å². The molecule has 0 atom stereocenters. The molecule has 0 unspecified atom stereocenters. The summed E-state index contributed by atoms with van der Waals surface area (Å²) < 4.78 is 16.6. The van der Waals surface area contributed by atoms with Crippen molar-refractivity contribution >= 4 is 15.4 Å². The van der Waals surface area contributed by atoms with Crippen LogP contribution in [0.1, 0.15) is 6.92 Å². The van der Waals surface area contributed by atoms with E-state index in [1.165, 1.54) is 25.9 Å². The summed E-state index contributed by atoms with van der Waals surface area (Å²) in [6.07, 6.45) is 0.669. The largest absolute Gasteiger partial charge is 0.634 e. The third kappa shape index (κ3) is 2.04. The smallest absolute Gasteiger partial charge is 0.360 e. The van der Waals surface area contributed by atoms with Gasteiger partial charge in [-0.3, -0.25) is 4.79 Å². The molecule has 0 aliphatic heterocycles. The zero-order valence-corrected chi connectivity index (χ0v) is 8.86. The van der Waals surface area contributed by atoms with Gasteiger partial charge in [0.25, 0.3) is 0 Å². The van der Waals surface area contributed by atoms with E-state index in [2.05, 4.69) is 0 Å². The molecule has 0 spiro atoms. The highest BCUT2D eigenvalue weighted by Gasteiger charge is 2.45. The highest BCUT2D eigenvalue weighted by molar-refractivity contribution is 6.59. The Kier molecular flexibility index (Phi) is 5.06. The Bertz CT molecular complexity index is 131. The third-order valence-electron chi connectivity index (χ3n) is 1.59. The average molecular weight is 193 g/mol. The Balaban J connectivity index is 4.53. The first-order chi connectivity index (χ1) is 5.70. The molecule has 0 saturated carbocycles. The van der Waals surface area contributed by atoms with Gasteiger partial charge in [0.05, 0.1) is 0 Å². The zero-order chi connectivity index (χ0) is 9.61. The van der Waals surface area contributed by atoms with Crippen molar-refractivity contribution in [1.82, 2.24) is 4.57 Å². The highest BCUT2D eigenvalue weighted by atomic mass is 28.4. The first kappa shape index (κ1) is 11.6. The molecule has 12 heavy (non-hydrogen) atoms. The van der Waals surface area contributed by atoms with Gasteiger partial charge in [0.15, 0.2) is 0 Å². The van der Waals surface area contributed by atoms with Gasteiger partial charge in [-0.15, -0.1) is 0 Å². The van der Waals surface area contributed by atoms with Crippen LogP contribution in [0.2, 0.25) is 0 Å². The van der Waals surface area contributed by atoms with Crippen molar-refractivity contribution in [2.75, 3.05) is 27.9 Å².